The maximum atomic E-state index is 9.66. The molecule has 11 heteroatoms. The fourth-order valence-electron chi connectivity index (χ4n) is 5.31. The van der Waals surface area contributed by atoms with Crippen LogP contribution in [0.1, 0.15) is 24.5 Å². The minimum Gasteiger partial charge on any atom is -0.492 e. The number of nitriles is 1. The molecule has 37 heavy (non-hydrogen) atoms. The Bertz CT molecular complexity index is 1470. The van der Waals surface area contributed by atoms with E-state index in [4.69, 9.17) is 25.2 Å². The quantitative estimate of drug-likeness (QED) is 0.406. The van der Waals surface area contributed by atoms with Crippen LogP contribution in [0.15, 0.2) is 43.0 Å². The summed E-state index contributed by atoms with van der Waals surface area (Å²) in [5.74, 6) is 2.26. The summed E-state index contributed by atoms with van der Waals surface area (Å²) in [6.07, 6.45) is 8.33. The first-order valence-electron chi connectivity index (χ1n) is 12.2. The third-order valence-corrected chi connectivity index (χ3v) is 7.11. The molecule has 188 valence electrons. The van der Waals surface area contributed by atoms with Gasteiger partial charge in [0.1, 0.15) is 23.2 Å². The zero-order valence-electron chi connectivity index (χ0n) is 20.7. The van der Waals surface area contributed by atoms with E-state index in [1.807, 2.05) is 25.3 Å². The van der Waals surface area contributed by atoms with Gasteiger partial charge in [0, 0.05) is 49.5 Å². The van der Waals surface area contributed by atoms with Crippen molar-refractivity contribution in [2.24, 2.45) is 0 Å². The second kappa shape index (κ2) is 9.22. The Morgan fingerprint density at radius 1 is 1.14 bits per heavy atom. The number of pyridine rings is 2. The average Bonchev–Trinajstić information content (AvgIpc) is 3.26. The van der Waals surface area contributed by atoms with E-state index in [9.17, 15) is 5.26 Å². The van der Waals surface area contributed by atoms with E-state index < -0.39 is 0 Å². The number of piperazine rings is 1. The van der Waals surface area contributed by atoms with Gasteiger partial charge in [0.15, 0.2) is 5.82 Å². The molecular formula is C26H27N9O2. The second-order valence-corrected chi connectivity index (χ2v) is 9.28. The summed E-state index contributed by atoms with van der Waals surface area (Å²) in [5.41, 5.74) is 9.41. The number of aromatic nitrogens is 5. The summed E-state index contributed by atoms with van der Waals surface area (Å²) in [6, 6.07) is 8.93. The van der Waals surface area contributed by atoms with Crippen molar-refractivity contribution < 1.29 is 9.47 Å². The normalized spacial score (nSPS) is 18.9. The summed E-state index contributed by atoms with van der Waals surface area (Å²) in [5, 5.41) is 13.9. The van der Waals surface area contributed by atoms with E-state index in [2.05, 4.69) is 32.0 Å². The molecule has 3 aliphatic heterocycles. The van der Waals surface area contributed by atoms with Crippen LogP contribution in [0.3, 0.4) is 0 Å². The molecule has 3 fully saturated rings. The molecule has 4 aromatic rings. The third-order valence-electron chi connectivity index (χ3n) is 7.11. The molecular weight excluding hydrogens is 470 g/mol. The van der Waals surface area contributed by atoms with Crippen molar-refractivity contribution in [2.75, 3.05) is 37.4 Å². The van der Waals surface area contributed by atoms with E-state index >= 15 is 0 Å². The SMILES string of the molecule is CCOc1cc(-c2cnc(N3CC4CC(C3)N4Cc3ccc(OC)nc3)cn2)c2c(C#N)c(N)nn2c1. The highest BCUT2D eigenvalue weighted by Crippen LogP contribution is 2.36. The molecule has 3 saturated heterocycles. The van der Waals surface area contributed by atoms with Gasteiger partial charge < -0.3 is 20.1 Å². The van der Waals surface area contributed by atoms with Crippen molar-refractivity contribution in [2.45, 2.75) is 32.0 Å². The number of fused-ring (bicyclic) bond motifs is 3. The van der Waals surface area contributed by atoms with Crippen LogP contribution in [0.5, 0.6) is 11.6 Å². The van der Waals surface area contributed by atoms with Gasteiger partial charge in [-0.15, -0.1) is 5.10 Å². The number of anilines is 2. The van der Waals surface area contributed by atoms with Crippen LogP contribution in [0.4, 0.5) is 11.6 Å². The van der Waals surface area contributed by atoms with Gasteiger partial charge in [-0.25, -0.2) is 14.5 Å². The van der Waals surface area contributed by atoms with Gasteiger partial charge in [0.05, 0.1) is 43.5 Å². The number of methoxy groups -OCH3 is 1. The first kappa shape index (κ1) is 23.0. The molecule has 4 aromatic heterocycles. The van der Waals surface area contributed by atoms with Crippen molar-refractivity contribution in [1.29, 1.82) is 5.26 Å². The summed E-state index contributed by atoms with van der Waals surface area (Å²) < 4.78 is 12.4. The van der Waals surface area contributed by atoms with Crippen LogP contribution in [-0.4, -0.2) is 68.4 Å². The van der Waals surface area contributed by atoms with Crippen LogP contribution in [0.2, 0.25) is 0 Å². The van der Waals surface area contributed by atoms with E-state index in [1.54, 1.807) is 30.2 Å². The van der Waals surface area contributed by atoms with Crippen molar-refractivity contribution in [3.8, 4) is 29.0 Å². The molecule has 0 spiro atoms. The Morgan fingerprint density at radius 2 is 1.97 bits per heavy atom. The van der Waals surface area contributed by atoms with Gasteiger partial charge in [-0.05, 0) is 25.0 Å². The second-order valence-electron chi connectivity index (χ2n) is 9.28. The van der Waals surface area contributed by atoms with E-state index in [0.29, 0.717) is 52.7 Å². The number of nitrogens with zero attached hydrogens (tertiary/aromatic N) is 8. The molecule has 11 nitrogen and oxygen atoms in total. The van der Waals surface area contributed by atoms with Gasteiger partial charge >= 0.3 is 0 Å². The summed E-state index contributed by atoms with van der Waals surface area (Å²) in [7, 11) is 1.63. The number of nitrogens with two attached hydrogens (primary N) is 1. The Balaban J connectivity index is 1.21. The lowest BCUT2D eigenvalue weighted by atomic mass is 9.87. The lowest BCUT2D eigenvalue weighted by Crippen LogP contribution is -2.68. The molecule has 3 aliphatic rings. The zero-order valence-corrected chi connectivity index (χ0v) is 20.7. The van der Waals surface area contributed by atoms with Gasteiger partial charge in [0.25, 0.3) is 0 Å². The highest BCUT2D eigenvalue weighted by Gasteiger charge is 2.44. The smallest absolute Gasteiger partial charge is 0.212 e. The molecule has 0 radical (unpaired) electrons. The first-order chi connectivity index (χ1) is 18.1. The van der Waals surface area contributed by atoms with Gasteiger partial charge in [0.2, 0.25) is 5.88 Å². The molecule has 0 aliphatic carbocycles. The molecule has 2 N–H and O–H groups in total. The summed E-state index contributed by atoms with van der Waals surface area (Å²) in [4.78, 5) is 18.6. The average molecular weight is 498 g/mol. The van der Waals surface area contributed by atoms with Crippen molar-refractivity contribution in [1.82, 2.24) is 29.5 Å². The molecule has 0 aromatic carbocycles. The third kappa shape index (κ3) is 4.05. The van der Waals surface area contributed by atoms with Crippen LogP contribution < -0.4 is 20.1 Å². The van der Waals surface area contributed by atoms with Crippen LogP contribution >= 0.6 is 0 Å². The van der Waals surface area contributed by atoms with E-state index in [0.717, 1.165) is 25.5 Å². The minimum atomic E-state index is 0.171. The highest BCUT2D eigenvalue weighted by molar-refractivity contribution is 5.86. The lowest BCUT2D eigenvalue weighted by Gasteiger charge is -2.56. The molecule has 2 bridgehead atoms. The molecule has 0 amide bonds. The highest BCUT2D eigenvalue weighted by atomic mass is 16.5. The van der Waals surface area contributed by atoms with Gasteiger partial charge in [-0.1, -0.05) is 6.07 Å². The molecule has 2 unspecified atom stereocenters. The van der Waals surface area contributed by atoms with E-state index in [1.165, 1.54) is 12.0 Å². The maximum absolute atomic E-state index is 9.66. The topological polar surface area (TPSA) is 131 Å². The molecule has 7 rings (SSSR count). The largest absolute Gasteiger partial charge is 0.492 e. The number of hydrogen-bond donors (Lipinski definition) is 1. The lowest BCUT2D eigenvalue weighted by molar-refractivity contribution is -0.00879. The first-order valence-corrected chi connectivity index (χ1v) is 12.2. The van der Waals surface area contributed by atoms with Crippen molar-refractivity contribution in [3.05, 3.63) is 54.1 Å². The van der Waals surface area contributed by atoms with Gasteiger partial charge in [-0.2, -0.15) is 5.26 Å². The fourth-order valence-corrected chi connectivity index (χ4v) is 5.31. The predicted molar refractivity (Wildman–Crippen MR) is 137 cm³/mol. The van der Waals surface area contributed by atoms with Crippen LogP contribution in [0, 0.1) is 11.3 Å². The van der Waals surface area contributed by atoms with Gasteiger partial charge in [-0.3, -0.25) is 9.88 Å². The zero-order chi connectivity index (χ0) is 25.5. The number of hydrogen-bond acceptors (Lipinski definition) is 10. The minimum absolute atomic E-state index is 0.171. The fraction of sp³-hybridized carbons (Fsp3) is 0.346. The van der Waals surface area contributed by atoms with E-state index in [-0.39, 0.29) is 5.82 Å². The number of nitrogen functional groups attached to an aromatic ring is 1. The molecule has 7 heterocycles. The Morgan fingerprint density at radius 3 is 2.62 bits per heavy atom. The Kier molecular flexibility index (Phi) is 5.73. The molecule has 2 atom stereocenters. The standard InChI is InChI=1S/C26H27N9O2/c1-3-37-19-7-20(25-21(8-27)26(28)32-35(25)15-19)22-10-30-23(11-29-22)33-13-17-6-18(14-33)34(17)12-16-4-5-24(36-2)31-9-16/h4-5,7,9-11,15,17-18H,3,6,12-14H2,1-2H3,(H2,28,32). The summed E-state index contributed by atoms with van der Waals surface area (Å²) >= 11 is 0. The summed E-state index contributed by atoms with van der Waals surface area (Å²) in [6.45, 7) is 5.09. The predicted octanol–water partition coefficient (Wildman–Crippen LogP) is 2.51. The monoisotopic (exact) mass is 497 g/mol. The van der Waals surface area contributed by atoms with Crippen molar-refractivity contribution in [3.63, 3.8) is 0 Å². The van der Waals surface area contributed by atoms with Crippen LogP contribution in [0.25, 0.3) is 16.8 Å². The molecule has 0 saturated carbocycles. The maximum Gasteiger partial charge on any atom is 0.212 e. The number of rotatable bonds is 7. The number of ether oxygens (including phenoxy) is 2. The van der Waals surface area contributed by atoms with Crippen LogP contribution in [-0.2, 0) is 6.54 Å². The Labute approximate surface area is 214 Å². The number of piperidine rings is 1. The van der Waals surface area contributed by atoms with Crippen molar-refractivity contribution >= 4 is 17.2 Å². The Hall–Kier alpha value is -4.43.